The Labute approximate surface area is 152 Å². The number of nitro benzene ring substituents is 1. The second-order valence-corrected chi connectivity index (χ2v) is 6.79. The molecule has 26 heavy (non-hydrogen) atoms. The number of hydrogen-bond acceptors (Lipinski definition) is 5. The maximum absolute atomic E-state index is 11.3. The van der Waals surface area contributed by atoms with Crippen molar-refractivity contribution in [1.29, 1.82) is 0 Å². The summed E-state index contributed by atoms with van der Waals surface area (Å²) in [7, 11) is 0. The fraction of sp³-hybridized carbons (Fsp3) is 0.400. The maximum Gasteiger partial charge on any atom is 0.270 e. The average molecular weight is 354 g/mol. The van der Waals surface area contributed by atoms with Crippen LogP contribution in [0.5, 0.6) is 5.75 Å². The maximum atomic E-state index is 11.3. The van der Waals surface area contributed by atoms with Crippen LogP contribution in [0.15, 0.2) is 42.5 Å². The zero-order chi connectivity index (χ0) is 18.5. The Bertz CT molecular complexity index is 863. The van der Waals surface area contributed by atoms with E-state index in [1.54, 1.807) is 12.1 Å². The Hall–Kier alpha value is -2.60. The van der Waals surface area contributed by atoms with Crippen molar-refractivity contribution in [2.75, 3.05) is 4.90 Å². The second kappa shape index (κ2) is 5.99. The number of fused-ring (bicyclic) bond motifs is 5. The Kier molecular flexibility index (Phi) is 3.88. The van der Waals surface area contributed by atoms with Gasteiger partial charge in [0.2, 0.25) is 0 Å². The van der Waals surface area contributed by atoms with E-state index in [2.05, 4.69) is 30.9 Å². The molecule has 2 aliphatic heterocycles. The SMILES string of the molecule is CCC1(CC)OC2c3cc([N+](=O)[O-])ccc3OC(C)N2c2ccccc21. The van der Waals surface area contributed by atoms with E-state index in [1.165, 1.54) is 6.07 Å². The van der Waals surface area contributed by atoms with Crippen molar-refractivity contribution in [1.82, 2.24) is 0 Å². The summed E-state index contributed by atoms with van der Waals surface area (Å²) in [6, 6.07) is 12.9. The number of rotatable bonds is 3. The quantitative estimate of drug-likeness (QED) is 0.580. The van der Waals surface area contributed by atoms with Gasteiger partial charge < -0.3 is 14.4 Å². The van der Waals surface area contributed by atoms with E-state index in [0.29, 0.717) is 11.3 Å². The van der Waals surface area contributed by atoms with Crippen molar-refractivity contribution in [2.45, 2.75) is 51.7 Å². The fourth-order valence-corrected chi connectivity index (χ4v) is 4.13. The van der Waals surface area contributed by atoms with E-state index in [4.69, 9.17) is 9.47 Å². The van der Waals surface area contributed by atoms with Gasteiger partial charge in [0.1, 0.15) is 5.75 Å². The molecule has 2 heterocycles. The molecule has 2 atom stereocenters. The predicted molar refractivity (Wildman–Crippen MR) is 98.2 cm³/mol. The van der Waals surface area contributed by atoms with Crippen LogP contribution in [-0.4, -0.2) is 11.2 Å². The van der Waals surface area contributed by atoms with Crippen LogP contribution >= 0.6 is 0 Å². The summed E-state index contributed by atoms with van der Waals surface area (Å²) >= 11 is 0. The first-order valence-electron chi connectivity index (χ1n) is 9.01. The molecule has 0 aliphatic carbocycles. The lowest BCUT2D eigenvalue weighted by molar-refractivity contribution is -0.385. The normalized spacial score (nSPS) is 22.7. The smallest absolute Gasteiger partial charge is 0.270 e. The molecular weight excluding hydrogens is 332 g/mol. The van der Waals surface area contributed by atoms with Crippen molar-refractivity contribution in [3.05, 3.63) is 63.7 Å². The number of non-ortho nitro benzene ring substituents is 1. The van der Waals surface area contributed by atoms with Crippen LogP contribution < -0.4 is 9.64 Å². The van der Waals surface area contributed by atoms with Crippen molar-refractivity contribution in [2.24, 2.45) is 0 Å². The second-order valence-electron chi connectivity index (χ2n) is 6.79. The van der Waals surface area contributed by atoms with Gasteiger partial charge in [0.15, 0.2) is 12.5 Å². The molecule has 0 saturated heterocycles. The van der Waals surface area contributed by atoms with Crippen LogP contribution in [-0.2, 0) is 10.3 Å². The van der Waals surface area contributed by atoms with E-state index in [-0.39, 0.29) is 16.8 Å². The third-order valence-electron chi connectivity index (χ3n) is 5.56. The van der Waals surface area contributed by atoms with Gasteiger partial charge in [-0.25, -0.2) is 0 Å². The molecule has 2 aliphatic rings. The molecule has 0 spiro atoms. The predicted octanol–water partition coefficient (Wildman–Crippen LogP) is 4.88. The van der Waals surface area contributed by atoms with E-state index in [1.807, 2.05) is 19.1 Å². The van der Waals surface area contributed by atoms with Gasteiger partial charge in [-0.15, -0.1) is 0 Å². The zero-order valence-corrected chi connectivity index (χ0v) is 15.1. The molecule has 0 radical (unpaired) electrons. The minimum absolute atomic E-state index is 0.0444. The van der Waals surface area contributed by atoms with Gasteiger partial charge in [-0.05, 0) is 31.9 Å². The first-order valence-corrected chi connectivity index (χ1v) is 9.01. The number of anilines is 1. The minimum atomic E-state index is -0.420. The van der Waals surface area contributed by atoms with E-state index < -0.39 is 11.8 Å². The van der Waals surface area contributed by atoms with Crippen LogP contribution in [0, 0.1) is 10.1 Å². The van der Waals surface area contributed by atoms with Gasteiger partial charge >= 0.3 is 0 Å². The summed E-state index contributed by atoms with van der Waals surface area (Å²) in [4.78, 5) is 13.0. The molecule has 2 unspecified atom stereocenters. The molecule has 0 bridgehead atoms. The first-order chi connectivity index (χ1) is 12.5. The third kappa shape index (κ3) is 2.29. The van der Waals surface area contributed by atoms with Gasteiger partial charge in [-0.3, -0.25) is 10.1 Å². The summed E-state index contributed by atoms with van der Waals surface area (Å²) in [6.45, 7) is 6.21. The largest absolute Gasteiger partial charge is 0.470 e. The Morgan fingerprint density at radius 1 is 1.19 bits per heavy atom. The molecule has 0 saturated carbocycles. The number of ether oxygens (including phenoxy) is 2. The Balaban J connectivity index is 1.93. The lowest BCUT2D eigenvalue weighted by Crippen LogP contribution is -2.52. The first kappa shape index (κ1) is 16.8. The van der Waals surface area contributed by atoms with Gasteiger partial charge in [0, 0.05) is 23.4 Å². The standard InChI is InChI=1S/C20H22N2O4/c1-4-20(5-2)16-8-6-7-9-17(16)21-13(3)25-18-11-10-14(22(23)24)12-15(18)19(21)26-20/h6-13,19H,4-5H2,1-3H3. The van der Waals surface area contributed by atoms with Crippen molar-refractivity contribution < 1.29 is 14.4 Å². The van der Waals surface area contributed by atoms with E-state index in [9.17, 15) is 10.1 Å². The Morgan fingerprint density at radius 2 is 1.92 bits per heavy atom. The third-order valence-corrected chi connectivity index (χ3v) is 5.56. The molecule has 0 fully saturated rings. The lowest BCUT2D eigenvalue weighted by Gasteiger charge is -2.52. The lowest BCUT2D eigenvalue weighted by atomic mass is 9.84. The summed E-state index contributed by atoms with van der Waals surface area (Å²) < 4.78 is 12.7. The molecule has 2 aromatic rings. The van der Waals surface area contributed by atoms with Crippen LogP contribution in [0.25, 0.3) is 0 Å². The number of nitrogens with zero attached hydrogens (tertiary/aromatic N) is 2. The van der Waals surface area contributed by atoms with E-state index in [0.717, 1.165) is 24.1 Å². The van der Waals surface area contributed by atoms with Gasteiger partial charge in [-0.2, -0.15) is 0 Å². The molecule has 0 aromatic heterocycles. The highest BCUT2D eigenvalue weighted by atomic mass is 16.6. The monoisotopic (exact) mass is 354 g/mol. The fourth-order valence-electron chi connectivity index (χ4n) is 4.13. The van der Waals surface area contributed by atoms with Gasteiger partial charge in [-0.1, -0.05) is 32.0 Å². The van der Waals surface area contributed by atoms with Crippen molar-refractivity contribution in [3.63, 3.8) is 0 Å². The zero-order valence-electron chi connectivity index (χ0n) is 15.1. The highest BCUT2D eigenvalue weighted by Gasteiger charge is 2.47. The summed E-state index contributed by atoms with van der Waals surface area (Å²) in [5.74, 6) is 0.643. The van der Waals surface area contributed by atoms with E-state index >= 15 is 0 Å². The van der Waals surface area contributed by atoms with Crippen LogP contribution in [0.2, 0.25) is 0 Å². The highest BCUT2D eigenvalue weighted by Crippen LogP contribution is 2.53. The molecule has 136 valence electrons. The van der Waals surface area contributed by atoms with Gasteiger partial charge in [0.05, 0.1) is 16.1 Å². The van der Waals surface area contributed by atoms with Crippen molar-refractivity contribution in [3.8, 4) is 5.75 Å². The minimum Gasteiger partial charge on any atom is -0.470 e. The molecular formula is C20H22N2O4. The number of para-hydroxylation sites is 1. The van der Waals surface area contributed by atoms with Crippen molar-refractivity contribution >= 4 is 11.4 Å². The number of hydrogen-bond donors (Lipinski definition) is 0. The molecule has 0 N–H and O–H groups in total. The molecule has 0 amide bonds. The summed E-state index contributed by atoms with van der Waals surface area (Å²) in [5, 5.41) is 11.3. The van der Waals surface area contributed by atoms with Gasteiger partial charge in [0.25, 0.3) is 5.69 Å². The number of nitro groups is 1. The molecule has 2 aromatic carbocycles. The van der Waals surface area contributed by atoms with Crippen LogP contribution in [0.3, 0.4) is 0 Å². The molecule has 6 nitrogen and oxygen atoms in total. The molecule has 6 heteroatoms. The average Bonchev–Trinajstić information content (AvgIpc) is 2.66. The summed E-state index contributed by atoms with van der Waals surface area (Å²) in [5.41, 5.74) is 2.54. The van der Waals surface area contributed by atoms with Crippen LogP contribution in [0.1, 0.15) is 51.0 Å². The summed E-state index contributed by atoms with van der Waals surface area (Å²) in [6.07, 6.45) is 1.000. The number of benzene rings is 2. The highest BCUT2D eigenvalue weighted by molar-refractivity contribution is 5.62. The molecule has 4 rings (SSSR count). The Morgan fingerprint density at radius 3 is 2.62 bits per heavy atom. The van der Waals surface area contributed by atoms with Crippen LogP contribution in [0.4, 0.5) is 11.4 Å². The topological polar surface area (TPSA) is 64.8 Å².